The Hall–Kier alpha value is -3.18. The smallest absolute Gasteiger partial charge is 0.315 e. The molecular weight excluding hydrogens is 576 g/mol. The fraction of sp³-hybridized carbons (Fsp3) is 0.818. The Morgan fingerprint density at radius 1 is 0.867 bits per heavy atom. The highest BCUT2D eigenvalue weighted by molar-refractivity contribution is 6.37. The Labute approximate surface area is 271 Å². The second-order valence-electron chi connectivity index (χ2n) is 14.1. The zero-order valence-electron chi connectivity index (χ0n) is 29.5. The highest BCUT2D eigenvalue weighted by Crippen LogP contribution is 2.31. The van der Waals surface area contributed by atoms with Crippen LogP contribution in [0.25, 0.3) is 0 Å². The van der Waals surface area contributed by atoms with Gasteiger partial charge in [0, 0.05) is 12.6 Å². The number of amides is 6. The van der Waals surface area contributed by atoms with Gasteiger partial charge in [0.25, 0.3) is 5.91 Å². The Balaban J connectivity index is 0.00000250. The number of carbonyl (C=O) groups is 6. The van der Waals surface area contributed by atoms with Crippen molar-refractivity contribution in [1.82, 2.24) is 26.2 Å². The van der Waals surface area contributed by atoms with Crippen LogP contribution in [0.4, 0.5) is 4.79 Å². The summed E-state index contributed by atoms with van der Waals surface area (Å²) in [6.45, 7) is 19.8. The minimum atomic E-state index is -1.10. The van der Waals surface area contributed by atoms with Crippen molar-refractivity contribution in [3.05, 3.63) is 0 Å². The molecule has 0 aromatic rings. The molecule has 0 spiro atoms. The van der Waals surface area contributed by atoms with E-state index >= 15 is 0 Å². The number of carbonyl (C=O) groups excluding carboxylic acids is 6. The molecule has 1 saturated carbocycles. The molecule has 1 heterocycles. The van der Waals surface area contributed by atoms with Crippen molar-refractivity contribution >= 4 is 35.4 Å². The predicted octanol–water partition coefficient (Wildman–Crippen LogP) is 3.41. The number of nitrogens with zero attached hydrogens (tertiary/aromatic N) is 1. The Morgan fingerprint density at radius 3 is 1.87 bits per heavy atom. The molecule has 6 amide bonds. The molecule has 12 nitrogen and oxygen atoms in total. The fourth-order valence-corrected chi connectivity index (χ4v) is 4.73. The molecule has 45 heavy (non-hydrogen) atoms. The summed E-state index contributed by atoms with van der Waals surface area (Å²) in [7, 11) is 0. The van der Waals surface area contributed by atoms with Gasteiger partial charge in [-0.25, -0.2) is 4.79 Å². The quantitative estimate of drug-likeness (QED) is 0.204. The van der Waals surface area contributed by atoms with E-state index in [1.807, 2.05) is 0 Å². The maximum absolute atomic E-state index is 13.6. The number of rotatable bonds is 12. The van der Waals surface area contributed by atoms with Crippen LogP contribution < -0.4 is 27.0 Å². The van der Waals surface area contributed by atoms with E-state index in [4.69, 9.17) is 5.73 Å². The van der Waals surface area contributed by atoms with E-state index in [-0.39, 0.29) is 18.5 Å². The fourth-order valence-electron chi connectivity index (χ4n) is 4.73. The average Bonchev–Trinajstić information content (AvgIpc) is 3.37. The molecule has 0 radical (unpaired) electrons. The molecule has 0 aromatic heterocycles. The summed E-state index contributed by atoms with van der Waals surface area (Å²) < 4.78 is 0. The summed E-state index contributed by atoms with van der Waals surface area (Å²) in [5.74, 6) is -1.96. The van der Waals surface area contributed by atoms with E-state index in [2.05, 4.69) is 55.9 Å². The van der Waals surface area contributed by atoms with Crippen LogP contribution in [0, 0.1) is 17.3 Å². The summed E-state index contributed by atoms with van der Waals surface area (Å²) in [4.78, 5) is 76.6. The Kier molecular flexibility index (Phi) is 19.3. The predicted molar refractivity (Wildman–Crippen MR) is 177 cm³/mol. The Bertz CT molecular complexity index is 970. The first-order valence-corrected chi connectivity index (χ1v) is 16.6. The number of nitrogens with two attached hydrogens (primary N) is 1. The minimum absolute atomic E-state index is 0.0782. The summed E-state index contributed by atoms with van der Waals surface area (Å²) in [6, 6.07) is -3.62. The normalized spacial score (nSPS) is 17.4. The summed E-state index contributed by atoms with van der Waals surface area (Å²) in [6.07, 6.45) is 6.49. The number of urea groups is 1. The molecule has 3 atom stereocenters. The molecule has 1 aliphatic heterocycles. The second-order valence-corrected chi connectivity index (χ2v) is 14.1. The number of hydrogen-bond acceptors (Lipinski definition) is 6. The number of primary amides is 1. The van der Waals surface area contributed by atoms with E-state index in [0.717, 1.165) is 25.2 Å². The van der Waals surface area contributed by atoms with Crippen LogP contribution in [0.3, 0.4) is 0 Å². The van der Waals surface area contributed by atoms with Crippen LogP contribution in [0.5, 0.6) is 0 Å². The maximum Gasteiger partial charge on any atom is 0.315 e. The van der Waals surface area contributed by atoms with Gasteiger partial charge in [0.1, 0.15) is 12.1 Å². The number of likely N-dealkylation sites (tertiary alicyclic amines) is 1. The molecule has 2 fully saturated rings. The average molecular weight is 639 g/mol. The van der Waals surface area contributed by atoms with E-state index in [1.54, 1.807) is 34.6 Å². The van der Waals surface area contributed by atoms with Crippen molar-refractivity contribution in [3.63, 3.8) is 0 Å². The second kappa shape index (κ2) is 20.8. The summed E-state index contributed by atoms with van der Waals surface area (Å²) in [5.41, 5.74) is 4.52. The van der Waals surface area contributed by atoms with Gasteiger partial charge in [-0.1, -0.05) is 81.1 Å². The SMILES string of the molecule is CC(C)C.CC(C)NC(=O)CNC(=O)NC(C(=O)N1CCC[C@H]1C(=O)NC(CCC1CCC1)C(=O)C(N)=O)C(C)(C)C.CCC. The van der Waals surface area contributed by atoms with E-state index in [0.29, 0.717) is 38.1 Å². The third-order valence-electron chi connectivity index (χ3n) is 7.05. The van der Waals surface area contributed by atoms with E-state index in [1.165, 1.54) is 11.3 Å². The zero-order valence-corrected chi connectivity index (χ0v) is 29.5. The molecule has 6 N–H and O–H groups in total. The standard InChI is InChI=1S/C26H44N6O6.C4H10.C3H8/c1-15(2)29-19(33)14-28-25(38)31-21(26(3,4)5)24(37)32-13-7-10-18(32)23(36)30-17(20(34)22(27)35)12-11-16-8-6-9-16;1-4(2)3;1-3-2/h15-18,21H,6-14H2,1-5H3,(H2,27,35)(H,29,33)(H,30,36)(H2,28,31,38);4H,1-3H3;3H2,1-2H3/t17?,18-,21?;;/m0../s1. The third kappa shape index (κ3) is 16.6. The first kappa shape index (κ1) is 41.8. The van der Waals surface area contributed by atoms with Crippen molar-refractivity contribution < 1.29 is 28.8 Å². The molecule has 2 unspecified atom stereocenters. The summed E-state index contributed by atoms with van der Waals surface area (Å²) >= 11 is 0. The molecule has 0 aromatic carbocycles. The van der Waals surface area contributed by atoms with Crippen LogP contribution in [-0.4, -0.2) is 77.6 Å². The molecule has 2 rings (SSSR count). The van der Waals surface area contributed by atoms with Crippen LogP contribution in [0.2, 0.25) is 0 Å². The van der Waals surface area contributed by atoms with Crippen LogP contribution in [-0.2, 0) is 24.0 Å². The van der Waals surface area contributed by atoms with Crippen molar-refractivity contribution in [2.75, 3.05) is 13.1 Å². The lowest BCUT2D eigenvalue weighted by atomic mass is 9.81. The lowest BCUT2D eigenvalue weighted by molar-refractivity contribution is -0.143. The number of ketones is 1. The third-order valence-corrected chi connectivity index (χ3v) is 7.05. The zero-order chi connectivity index (χ0) is 34.9. The lowest BCUT2D eigenvalue weighted by Crippen LogP contribution is -2.60. The highest BCUT2D eigenvalue weighted by atomic mass is 16.2. The van der Waals surface area contributed by atoms with E-state index < -0.39 is 53.1 Å². The van der Waals surface area contributed by atoms with Gasteiger partial charge in [0.05, 0.1) is 12.6 Å². The molecule has 1 saturated heterocycles. The van der Waals surface area contributed by atoms with Crippen LogP contribution >= 0.6 is 0 Å². The number of Topliss-reactive ketones (excluding diaryl/α,β-unsaturated/α-hetero) is 1. The minimum Gasteiger partial charge on any atom is -0.363 e. The van der Waals surface area contributed by atoms with Gasteiger partial charge in [-0.3, -0.25) is 24.0 Å². The van der Waals surface area contributed by atoms with Gasteiger partial charge in [0.2, 0.25) is 23.5 Å². The van der Waals surface area contributed by atoms with Gasteiger partial charge in [-0.15, -0.1) is 0 Å². The largest absolute Gasteiger partial charge is 0.363 e. The topological polar surface area (TPSA) is 180 Å². The highest BCUT2D eigenvalue weighted by Gasteiger charge is 2.42. The summed E-state index contributed by atoms with van der Waals surface area (Å²) in [5, 5.41) is 10.4. The molecule has 260 valence electrons. The van der Waals surface area contributed by atoms with Gasteiger partial charge >= 0.3 is 6.03 Å². The molecule has 1 aliphatic carbocycles. The maximum atomic E-state index is 13.6. The number of hydrogen-bond donors (Lipinski definition) is 5. The van der Waals surface area contributed by atoms with E-state index in [9.17, 15) is 28.8 Å². The van der Waals surface area contributed by atoms with Crippen molar-refractivity contribution in [2.24, 2.45) is 23.0 Å². The van der Waals surface area contributed by atoms with Gasteiger partial charge < -0.3 is 31.9 Å². The van der Waals surface area contributed by atoms with Gasteiger partial charge in [0.15, 0.2) is 0 Å². The van der Waals surface area contributed by atoms with Crippen molar-refractivity contribution in [2.45, 2.75) is 145 Å². The molecular formula is C33H62N6O6. The first-order chi connectivity index (χ1) is 20.8. The van der Waals surface area contributed by atoms with Crippen LogP contribution in [0.1, 0.15) is 121 Å². The van der Waals surface area contributed by atoms with Gasteiger partial charge in [-0.05, 0) is 56.8 Å². The monoisotopic (exact) mass is 638 g/mol. The molecule has 2 aliphatic rings. The van der Waals surface area contributed by atoms with Crippen LogP contribution in [0.15, 0.2) is 0 Å². The molecule has 0 bridgehead atoms. The number of nitrogens with one attached hydrogen (secondary N) is 4. The van der Waals surface area contributed by atoms with Crippen molar-refractivity contribution in [1.29, 1.82) is 0 Å². The Morgan fingerprint density at radius 2 is 1.42 bits per heavy atom. The lowest BCUT2D eigenvalue weighted by Gasteiger charge is -2.35. The first-order valence-electron chi connectivity index (χ1n) is 16.6. The van der Waals surface area contributed by atoms with Gasteiger partial charge in [-0.2, -0.15) is 0 Å². The van der Waals surface area contributed by atoms with Crippen molar-refractivity contribution in [3.8, 4) is 0 Å². The molecule has 12 heteroatoms.